The van der Waals surface area contributed by atoms with Crippen LogP contribution < -0.4 is 5.32 Å². The van der Waals surface area contributed by atoms with E-state index in [1.807, 2.05) is 0 Å². The van der Waals surface area contributed by atoms with Gasteiger partial charge in [-0.25, -0.2) is 9.18 Å². The van der Waals surface area contributed by atoms with Crippen LogP contribution in [-0.4, -0.2) is 23.0 Å². The number of carboxylic acids is 1. The molecule has 2 N–H and O–H groups in total. The number of nitrogens with one attached hydrogen (secondary N) is 1. The molecule has 1 aromatic carbocycles. The highest BCUT2D eigenvalue weighted by Crippen LogP contribution is 2.33. The van der Waals surface area contributed by atoms with Gasteiger partial charge in [-0.3, -0.25) is 4.79 Å². The highest BCUT2D eigenvalue weighted by molar-refractivity contribution is 5.95. The number of benzene rings is 1. The number of carbonyl (C=O) groups is 2. The third-order valence-electron chi connectivity index (χ3n) is 3.43. The molecule has 0 saturated heterocycles. The van der Waals surface area contributed by atoms with Gasteiger partial charge in [0.2, 0.25) is 0 Å². The topological polar surface area (TPSA) is 66.4 Å². The lowest BCUT2D eigenvalue weighted by molar-refractivity contribution is -0.131. The van der Waals surface area contributed by atoms with Crippen molar-refractivity contribution < 1.29 is 19.1 Å². The Hall–Kier alpha value is -2.17. The minimum Gasteiger partial charge on any atom is -0.478 e. The Kier molecular flexibility index (Phi) is 4.17. The van der Waals surface area contributed by atoms with Gasteiger partial charge in [-0.1, -0.05) is 19.4 Å². The molecule has 1 aliphatic carbocycles. The molecule has 0 aromatic heterocycles. The average Bonchev–Trinajstić information content (AvgIpc) is 3.15. The fourth-order valence-electron chi connectivity index (χ4n) is 2.09. The van der Waals surface area contributed by atoms with E-state index in [1.54, 1.807) is 0 Å². The van der Waals surface area contributed by atoms with Crippen molar-refractivity contribution in [3.05, 3.63) is 41.2 Å². The van der Waals surface area contributed by atoms with Crippen molar-refractivity contribution in [3.8, 4) is 0 Å². The predicted molar refractivity (Wildman–Crippen MR) is 72.7 cm³/mol. The van der Waals surface area contributed by atoms with Crippen LogP contribution in [0.25, 0.3) is 6.08 Å². The fraction of sp³-hybridized carbons (Fsp3) is 0.333. The molecule has 2 rings (SSSR count). The molecule has 1 fully saturated rings. The van der Waals surface area contributed by atoms with Crippen LogP contribution in [0.1, 0.15) is 35.7 Å². The molecular weight excluding hydrogens is 261 g/mol. The Morgan fingerprint density at radius 3 is 2.80 bits per heavy atom. The van der Waals surface area contributed by atoms with E-state index in [2.05, 4.69) is 12.2 Å². The summed E-state index contributed by atoms with van der Waals surface area (Å²) in [5.74, 6) is -1.52. The maximum Gasteiger partial charge on any atom is 0.328 e. The van der Waals surface area contributed by atoms with E-state index >= 15 is 0 Å². The SMILES string of the molecule is CCC1CC1NC(=O)c1ccc(/C=C/C(=O)O)c(F)c1. The lowest BCUT2D eigenvalue weighted by Gasteiger charge is -2.05. The minimum absolute atomic E-state index is 0.141. The van der Waals surface area contributed by atoms with Crippen LogP contribution in [0, 0.1) is 11.7 Å². The van der Waals surface area contributed by atoms with Gasteiger partial charge in [-0.2, -0.15) is 0 Å². The summed E-state index contributed by atoms with van der Waals surface area (Å²) in [5.41, 5.74) is 0.388. The Morgan fingerprint density at radius 1 is 1.50 bits per heavy atom. The standard InChI is InChI=1S/C15H16FNO3/c1-2-9-8-13(9)17-15(20)11-4-3-10(12(16)7-11)5-6-14(18)19/h3-7,9,13H,2,8H2,1H3,(H,17,20)(H,18,19)/b6-5+. The van der Waals surface area contributed by atoms with Gasteiger partial charge in [0.15, 0.2) is 0 Å². The van der Waals surface area contributed by atoms with Crippen LogP contribution in [0.3, 0.4) is 0 Å². The second-order valence-corrected chi connectivity index (χ2v) is 4.89. The van der Waals surface area contributed by atoms with E-state index in [0.717, 1.165) is 31.1 Å². The molecule has 2 unspecified atom stereocenters. The monoisotopic (exact) mass is 277 g/mol. The number of hydrogen-bond acceptors (Lipinski definition) is 2. The molecule has 1 saturated carbocycles. The molecule has 0 aliphatic heterocycles. The van der Waals surface area contributed by atoms with Gasteiger partial charge in [0.1, 0.15) is 5.82 Å². The number of aliphatic carboxylic acids is 1. The summed E-state index contributed by atoms with van der Waals surface area (Å²) in [5, 5.41) is 11.3. The molecular formula is C15H16FNO3. The van der Waals surface area contributed by atoms with Crippen LogP contribution in [0.15, 0.2) is 24.3 Å². The number of rotatable bonds is 5. The highest BCUT2D eigenvalue weighted by Gasteiger charge is 2.36. The summed E-state index contributed by atoms with van der Waals surface area (Å²) in [6.45, 7) is 2.07. The van der Waals surface area contributed by atoms with Crippen molar-refractivity contribution in [3.63, 3.8) is 0 Å². The quantitative estimate of drug-likeness (QED) is 0.812. The number of hydrogen-bond donors (Lipinski definition) is 2. The summed E-state index contributed by atoms with van der Waals surface area (Å²) >= 11 is 0. The van der Waals surface area contributed by atoms with Gasteiger partial charge in [-0.15, -0.1) is 0 Å². The van der Waals surface area contributed by atoms with E-state index in [9.17, 15) is 14.0 Å². The number of amides is 1. The second-order valence-electron chi connectivity index (χ2n) is 4.89. The van der Waals surface area contributed by atoms with Crippen molar-refractivity contribution in [1.82, 2.24) is 5.32 Å². The fourth-order valence-corrected chi connectivity index (χ4v) is 2.09. The molecule has 20 heavy (non-hydrogen) atoms. The van der Waals surface area contributed by atoms with Crippen LogP contribution >= 0.6 is 0 Å². The summed E-state index contributed by atoms with van der Waals surface area (Å²) in [4.78, 5) is 22.3. The zero-order valence-electron chi connectivity index (χ0n) is 11.1. The number of halogens is 1. The summed E-state index contributed by atoms with van der Waals surface area (Å²) in [6.07, 6.45) is 4.02. The molecule has 0 bridgehead atoms. The van der Waals surface area contributed by atoms with E-state index < -0.39 is 11.8 Å². The molecule has 1 aliphatic rings. The van der Waals surface area contributed by atoms with Crippen molar-refractivity contribution >= 4 is 18.0 Å². The molecule has 2 atom stereocenters. The van der Waals surface area contributed by atoms with Crippen molar-refractivity contribution in [2.75, 3.05) is 0 Å². The van der Waals surface area contributed by atoms with Gasteiger partial charge >= 0.3 is 5.97 Å². The molecule has 106 valence electrons. The van der Waals surface area contributed by atoms with Gasteiger partial charge in [0.05, 0.1) is 0 Å². The van der Waals surface area contributed by atoms with Gasteiger partial charge < -0.3 is 10.4 Å². The summed E-state index contributed by atoms with van der Waals surface area (Å²) in [6, 6.07) is 4.21. The molecule has 1 aromatic rings. The smallest absolute Gasteiger partial charge is 0.328 e. The number of carboxylic acid groups (broad SMARTS) is 1. The molecule has 5 heteroatoms. The van der Waals surface area contributed by atoms with E-state index in [4.69, 9.17) is 5.11 Å². The van der Waals surface area contributed by atoms with Crippen LogP contribution in [0.4, 0.5) is 4.39 Å². The van der Waals surface area contributed by atoms with Gasteiger partial charge in [0, 0.05) is 23.2 Å². The normalized spacial score (nSPS) is 20.9. The summed E-state index contributed by atoms with van der Waals surface area (Å²) < 4.78 is 13.7. The van der Waals surface area contributed by atoms with E-state index in [0.29, 0.717) is 5.92 Å². The maximum atomic E-state index is 13.7. The molecule has 1 amide bonds. The highest BCUT2D eigenvalue weighted by atomic mass is 19.1. The van der Waals surface area contributed by atoms with Gasteiger partial charge in [0.25, 0.3) is 5.91 Å². The van der Waals surface area contributed by atoms with Crippen LogP contribution in [-0.2, 0) is 4.79 Å². The van der Waals surface area contributed by atoms with E-state index in [1.165, 1.54) is 12.1 Å². The van der Waals surface area contributed by atoms with Crippen molar-refractivity contribution in [2.24, 2.45) is 5.92 Å². The third kappa shape index (κ3) is 3.44. The van der Waals surface area contributed by atoms with Crippen LogP contribution in [0.2, 0.25) is 0 Å². The first-order valence-corrected chi connectivity index (χ1v) is 6.52. The molecule has 0 heterocycles. The lowest BCUT2D eigenvalue weighted by Crippen LogP contribution is -2.26. The van der Waals surface area contributed by atoms with E-state index in [-0.39, 0.29) is 23.1 Å². The zero-order valence-corrected chi connectivity index (χ0v) is 11.1. The Balaban J connectivity index is 2.05. The zero-order chi connectivity index (χ0) is 14.7. The predicted octanol–water partition coefficient (Wildman–Crippen LogP) is 2.45. The molecule has 4 nitrogen and oxygen atoms in total. The third-order valence-corrected chi connectivity index (χ3v) is 3.43. The Labute approximate surface area is 116 Å². The lowest BCUT2D eigenvalue weighted by atomic mass is 10.1. The minimum atomic E-state index is -1.15. The molecule has 0 spiro atoms. The van der Waals surface area contributed by atoms with Crippen molar-refractivity contribution in [1.29, 1.82) is 0 Å². The average molecular weight is 277 g/mol. The first-order valence-electron chi connectivity index (χ1n) is 6.52. The molecule has 0 radical (unpaired) electrons. The number of carbonyl (C=O) groups excluding carboxylic acids is 1. The largest absolute Gasteiger partial charge is 0.478 e. The van der Waals surface area contributed by atoms with Gasteiger partial charge in [-0.05, 0) is 30.5 Å². The van der Waals surface area contributed by atoms with Crippen LogP contribution in [0.5, 0.6) is 0 Å². The first-order chi connectivity index (χ1) is 9.51. The Morgan fingerprint density at radius 2 is 2.25 bits per heavy atom. The second kappa shape index (κ2) is 5.86. The first kappa shape index (κ1) is 14.2. The van der Waals surface area contributed by atoms with Crippen molar-refractivity contribution in [2.45, 2.75) is 25.8 Å². The maximum absolute atomic E-state index is 13.7. The summed E-state index contributed by atoms with van der Waals surface area (Å²) in [7, 11) is 0. The Bertz CT molecular complexity index is 568.